The third-order valence-electron chi connectivity index (χ3n) is 9.90. The second kappa shape index (κ2) is 17.9. The third-order valence-corrected chi connectivity index (χ3v) is 11.4. The van der Waals surface area contributed by atoms with E-state index in [4.69, 9.17) is 77.4 Å². The quantitative estimate of drug-likeness (QED) is 0.0357. The first-order chi connectivity index (χ1) is 28.9. The van der Waals surface area contributed by atoms with Crippen molar-refractivity contribution in [2.24, 2.45) is 10.3 Å². The molecule has 3 aliphatic heterocycles. The zero-order valence-corrected chi connectivity index (χ0v) is 36.1. The highest BCUT2D eigenvalue weighted by Crippen LogP contribution is 2.51. The molecule has 1 atom stereocenters. The highest BCUT2D eigenvalue weighted by molar-refractivity contribution is 6.69. The molecular weight excluding hydrogens is 969 g/mol. The molecule has 0 radical (unpaired) electrons. The van der Waals surface area contributed by atoms with Crippen molar-refractivity contribution in [1.82, 2.24) is 0 Å². The van der Waals surface area contributed by atoms with Crippen LogP contribution in [0.25, 0.3) is 5.57 Å². The molecular formula is C38H27B2Cl5F10N2O6. The fourth-order valence-corrected chi connectivity index (χ4v) is 7.64. The molecule has 63 heavy (non-hydrogen) atoms. The van der Waals surface area contributed by atoms with Crippen LogP contribution in [0.2, 0.25) is 20.1 Å². The minimum Gasteiger partial charge on any atom is -0.423 e. The molecule has 1 unspecified atom stereocenters. The average Bonchev–Trinajstić information content (AvgIpc) is 3.84. The SMILES string of the molecule is C=C(c1cc(Cl)c(F)c(Cl)c1F)C(F)(F)F.CC1(C)OB(O)c2ccc(C(Cl)=NO)cc21.CC1(C)OB(O)c2ccc(C3=NOC(c4cc(Cl)c(F)c(Cl)c4F)(C(F)(F)F)C3)cc21. The third kappa shape index (κ3) is 9.65. The minimum atomic E-state index is -5.14. The van der Waals surface area contributed by atoms with Gasteiger partial charge in [-0.25, -0.2) is 17.6 Å². The van der Waals surface area contributed by atoms with Gasteiger partial charge in [-0.3, -0.25) is 0 Å². The fourth-order valence-electron chi connectivity index (χ4n) is 6.61. The van der Waals surface area contributed by atoms with E-state index in [1.165, 1.54) is 18.2 Å². The number of rotatable bonds is 4. The molecule has 0 aromatic heterocycles. The van der Waals surface area contributed by atoms with Gasteiger partial charge in [0.05, 0.1) is 39.0 Å². The molecule has 0 aliphatic carbocycles. The lowest BCUT2D eigenvalue weighted by Crippen LogP contribution is -2.43. The molecule has 7 rings (SSSR count). The van der Waals surface area contributed by atoms with Gasteiger partial charge in [0.25, 0.3) is 5.60 Å². The summed E-state index contributed by atoms with van der Waals surface area (Å²) < 4.78 is 144. The summed E-state index contributed by atoms with van der Waals surface area (Å²) in [6.07, 6.45) is -10.9. The Kier molecular flexibility index (Phi) is 14.3. The molecule has 0 saturated carbocycles. The Morgan fingerprint density at radius 3 is 1.73 bits per heavy atom. The summed E-state index contributed by atoms with van der Waals surface area (Å²) in [5.41, 5.74) is -4.92. The number of fused-ring (bicyclic) bond motifs is 2. The number of hydrogen-bond acceptors (Lipinski definition) is 8. The van der Waals surface area contributed by atoms with E-state index in [9.17, 15) is 54.0 Å². The summed E-state index contributed by atoms with van der Waals surface area (Å²) in [6.45, 7) is 9.76. The molecule has 8 nitrogen and oxygen atoms in total. The highest BCUT2D eigenvalue weighted by Gasteiger charge is 2.64. The lowest BCUT2D eigenvalue weighted by molar-refractivity contribution is -0.276. The monoisotopic (exact) mass is 994 g/mol. The number of oxime groups is 2. The average molecular weight is 997 g/mol. The van der Waals surface area contributed by atoms with Crippen molar-refractivity contribution in [3.63, 3.8) is 0 Å². The van der Waals surface area contributed by atoms with Crippen LogP contribution in [0.1, 0.15) is 67.5 Å². The lowest BCUT2D eigenvalue weighted by Gasteiger charge is -2.30. The molecule has 0 fully saturated rings. The van der Waals surface area contributed by atoms with Crippen LogP contribution >= 0.6 is 58.0 Å². The molecule has 4 aromatic rings. The zero-order valence-electron chi connectivity index (χ0n) is 32.3. The van der Waals surface area contributed by atoms with Crippen molar-refractivity contribution < 1.29 is 73.3 Å². The van der Waals surface area contributed by atoms with Gasteiger partial charge in [-0.05, 0) is 79.6 Å². The van der Waals surface area contributed by atoms with Gasteiger partial charge in [-0.15, -0.1) is 0 Å². The second-order valence-corrected chi connectivity index (χ2v) is 16.7. The first-order valence-corrected chi connectivity index (χ1v) is 19.4. The van der Waals surface area contributed by atoms with Crippen molar-refractivity contribution in [2.45, 2.75) is 63.3 Å². The summed E-state index contributed by atoms with van der Waals surface area (Å²) in [4.78, 5) is 4.78. The number of allylic oxidation sites excluding steroid dienone is 1. The van der Waals surface area contributed by atoms with Gasteiger partial charge in [0, 0.05) is 16.7 Å². The number of alkyl halides is 6. The number of benzene rings is 4. The summed E-state index contributed by atoms with van der Waals surface area (Å²) in [5.74, 6) is -5.85. The van der Waals surface area contributed by atoms with E-state index >= 15 is 0 Å². The molecule has 4 aromatic carbocycles. The van der Waals surface area contributed by atoms with Crippen molar-refractivity contribution in [1.29, 1.82) is 0 Å². The lowest BCUT2D eigenvalue weighted by atomic mass is 9.77. The van der Waals surface area contributed by atoms with Crippen molar-refractivity contribution >= 4 is 99.6 Å². The maximum atomic E-state index is 14.6. The maximum Gasteiger partial charge on any atom is 0.492 e. The van der Waals surface area contributed by atoms with E-state index in [0.717, 1.165) is 11.0 Å². The van der Waals surface area contributed by atoms with Crippen LogP contribution in [0.4, 0.5) is 43.9 Å². The topological polar surface area (TPSA) is 113 Å². The summed E-state index contributed by atoms with van der Waals surface area (Å²) >= 11 is 27.2. The van der Waals surface area contributed by atoms with Crippen LogP contribution in [-0.2, 0) is 30.9 Å². The fraction of sp³-hybridized carbons (Fsp3) is 0.263. The zero-order chi connectivity index (χ0) is 47.5. The van der Waals surface area contributed by atoms with Gasteiger partial charge in [-0.1, -0.05) is 99.2 Å². The molecule has 0 spiro atoms. The number of nitrogens with zero attached hydrogens (tertiary/aromatic N) is 2. The second-order valence-electron chi connectivity index (χ2n) is 14.8. The van der Waals surface area contributed by atoms with Crippen LogP contribution in [0.3, 0.4) is 0 Å². The molecule has 0 amide bonds. The largest absolute Gasteiger partial charge is 0.492 e. The maximum absolute atomic E-state index is 14.6. The molecule has 3 heterocycles. The Bertz CT molecular complexity index is 2560. The number of halogens is 15. The molecule has 336 valence electrons. The molecule has 25 heteroatoms. The van der Waals surface area contributed by atoms with Gasteiger partial charge >= 0.3 is 26.6 Å². The van der Waals surface area contributed by atoms with Gasteiger partial charge in [0.15, 0.2) is 28.4 Å². The van der Waals surface area contributed by atoms with Crippen molar-refractivity contribution in [3.05, 3.63) is 132 Å². The summed E-state index contributed by atoms with van der Waals surface area (Å²) in [7, 11) is -2.09. The smallest absolute Gasteiger partial charge is 0.423 e. The highest BCUT2D eigenvalue weighted by atomic mass is 35.5. The van der Waals surface area contributed by atoms with Crippen molar-refractivity contribution in [2.75, 3.05) is 0 Å². The van der Waals surface area contributed by atoms with E-state index < -0.39 is 110 Å². The van der Waals surface area contributed by atoms with Crippen LogP contribution in [0.15, 0.2) is 65.4 Å². The predicted molar refractivity (Wildman–Crippen MR) is 218 cm³/mol. The first-order valence-electron chi connectivity index (χ1n) is 17.5. The van der Waals surface area contributed by atoms with Crippen LogP contribution in [0, 0.1) is 23.3 Å². The molecule has 0 bridgehead atoms. The van der Waals surface area contributed by atoms with Crippen molar-refractivity contribution in [3.8, 4) is 0 Å². The van der Waals surface area contributed by atoms with E-state index in [-0.39, 0.29) is 16.4 Å². The Morgan fingerprint density at radius 1 is 0.730 bits per heavy atom. The Morgan fingerprint density at radius 2 is 1.22 bits per heavy atom. The van der Waals surface area contributed by atoms with Gasteiger partial charge in [0.1, 0.15) is 10.0 Å². The van der Waals surface area contributed by atoms with E-state index in [1.807, 2.05) is 13.8 Å². The summed E-state index contributed by atoms with van der Waals surface area (Å²) in [6, 6.07) is 10.6. The molecule has 3 aliphatic rings. The summed E-state index contributed by atoms with van der Waals surface area (Å²) in [5, 5.41) is 31.0. The van der Waals surface area contributed by atoms with Gasteiger partial charge in [0.2, 0.25) is 0 Å². The molecule has 3 N–H and O–H groups in total. The van der Waals surface area contributed by atoms with E-state index in [2.05, 4.69) is 16.9 Å². The Hall–Kier alpha value is -3.72. The van der Waals surface area contributed by atoms with Crippen LogP contribution in [-0.4, -0.2) is 52.7 Å². The van der Waals surface area contributed by atoms with Crippen LogP contribution in [0.5, 0.6) is 0 Å². The van der Waals surface area contributed by atoms with E-state index in [1.54, 1.807) is 32.0 Å². The minimum absolute atomic E-state index is 0.0139. The van der Waals surface area contributed by atoms with Gasteiger partial charge < -0.3 is 29.4 Å². The first kappa shape index (κ1) is 50.3. The standard InChI is InChI=1S/C19H13BCl2F5NO3.C10H11BClNO3.C9H3Cl2F5/c1-17(2)9-5-8(3-4-11(9)20(29)30-17)13-7-18(31-28-13,19(25,26)27)10-6-12(21)16(24)14(22)15(10)23;1-10(2)7-5-6(9(12)13-15)3-4-8(7)11(14)16-10;1-3(9(14,15)16)4-2-5(10)8(13)6(11)7(4)12/h3-6,29H,7H2,1-2H3;3-5,14-15H,1-2H3;2H,1H2. The Balaban J connectivity index is 0.000000197. The van der Waals surface area contributed by atoms with E-state index in [0.29, 0.717) is 28.7 Å². The van der Waals surface area contributed by atoms with Crippen LogP contribution < -0.4 is 10.9 Å². The predicted octanol–water partition coefficient (Wildman–Crippen LogP) is 10.7. The normalized spacial score (nSPS) is 18.7. The van der Waals surface area contributed by atoms with Gasteiger partial charge in [-0.2, -0.15) is 26.3 Å². The molecule has 0 saturated heterocycles. The number of hydrogen-bond donors (Lipinski definition) is 3. The Labute approximate surface area is 376 Å².